The second-order valence-electron chi connectivity index (χ2n) is 13.2. The molecule has 0 amide bonds. The molecule has 0 aliphatic rings. The van der Waals surface area contributed by atoms with E-state index in [0.29, 0.717) is 0 Å². The number of hydrogen-bond donors (Lipinski definition) is 0. The van der Waals surface area contributed by atoms with Gasteiger partial charge in [-0.2, -0.15) is 0 Å². The fourth-order valence-electron chi connectivity index (χ4n) is 6.70. The van der Waals surface area contributed by atoms with Crippen molar-refractivity contribution in [3.05, 3.63) is 174 Å². The molecule has 0 saturated carbocycles. The van der Waals surface area contributed by atoms with Crippen LogP contribution in [0.2, 0.25) is 0 Å². The average molecular weight is 629 g/mol. The summed E-state index contributed by atoms with van der Waals surface area (Å²) in [4.78, 5) is 12.4. The predicted molar refractivity (Wildman–Crippen MR) is 198 cm³/mol. The standard InChI is InChI=1S/C45H40O3/c1-4-44(2,3)43(46)48-28-27-47-42-25-23-38(24-26-42)45(39-20-17-32-11-5-8-14-35(32)29-39,40-21-18-33-12-6-9-15-36(33)30-40)41-22-19-34-13-7-10-16-37(34)31-41/h5-26,29-31H,4,27-28H2,1-3H3. The van der Waals surface area contributed by atoms with Crippen LogP contribution in [0.4, 0.5) is 0 Å². The summed E-state index contributed by atoms with van der Waals surface area (Å²) >= 11 is 0. The lowest BCUT2D eigenvalue weighted by Gasteiger charge is -2.37. The van der Waals surface area contributed by atoms with Gasteiger partial charge in [-0.3, -0.25) is 4.79 Å². The van der Waals surface area contributed by atoms with E-state index in [1.807, 2.05) is 32.9 Å². The highest BCUT2D eigenvalue weighted by atomic mass is 16.6. The largest absolute Gasteiger partial charge is 0.490 e. The first-order valence-electron chi connectivity index (χ1n) is 16.8. The number of ether oxygens (including phenoxy) is 2. The third kappa shape index (κ3) is 5.82. The number of fused-ring (bicyclic) bond motifs is 3. The maximum atomic E-state index is 12.4. The van der Waals surface area contributed by atoms with Gasteiger partial charge in [-0.05, 0) is 105 Å². The van der Waals surface area contributed by atoms with Gasteiger partial charge in [0.05, 0.1) is 10.8 Å². The van der Waals surface area contributed by atoms with Gasteiger partial charge in [-0.1, -0.05) is 128 Å². The molecule has 7 aromatic carbocycles. The third-order valence-corrected chi connectivity index (χ3v) is 9.86. The molecule has 7 rings (SSSR count). The van der Waals surface area contributed by atoms with Crippen LogP contribution in [0.15, 0.2) is 152 Å². The Kier molecular flexibility index (Phi) is 8.45. The van der Waals surface area contributed by atoms with Crippen LogP contribution < -0.4 is 4.74 Å². The molecule has 0 unspecified atom stereocenters. The number of benzene rings is 7. The number of hydrogen-bond acceptors (Lipinski definition) is 3. The SMILES string of the molecule is CCC(C)(C)C(=O)OCCOc1ccc(C(c2ccc3ccccc3c2)(c2ccc3ccccc3c2)c2ccc3ccccc3c2)cc1. The van der Waals surface area contributed by atoms with Crippen molar-refractivity contribution < 1.29 is 14.3 Å². The van der Waals surface area contributed by atoms with E-state index in [9.17, 15) is 4.79 Å². The first-order chi connectivity index (χ1) is 23.4. The van der Waals surface area contributed by atoms with Gasteiger partial charge in [0.15, 0.2) is 0 Å². The molecule has 238 valence electrons. The predicted octanol–water partition coefficient (Wildman–Crippen LogP) is 10.9. The Morgan fingerprint density at radius 3 is 1.31 bits per heavy atom. The Labute approximate surface area is 282 Å². The molecule has 0 heterocycles. The summed E-state index contributed by atoms with van der Waals surface area (Å²) in [6.45, 7) is 6.30. The van der Waals surface area contributed by atoms with Crippen molar-refractivity contribution in [3.8, 4) is 5.75 Å². The molecule has 0 aliphatic carbocycles. The molecule has 3 heteroatoms. The zero-order chi connectivity index (χ0) is 33.1. The van der Waals surface area contributed by atoms with Crippen molar-refractivity contribution in [2.75, 3.05) is 13.2 Å². The van der Waals surface area contributed by atoms with Crippen molar-refractivity contribution in [3.63, 3.8) is 0 Å². The third-order valence-electron chi connectivity index (χ3n) is 9.86. The number of carbonyl (C=O) groups excluding carboxylic acids is 1. The highest BCUT2D eigenvalue weighted by molar-refractivity contribution is 5.88. The van der Waals surface area contributed by atoms with Crippen molar-refractivity contribution in [1.82, 2.24) is 0 Å². The van der Waals surface area contributed by atoms with Gasteiger partial charge in [0, 0.05) is 0 Å². The molecule has 3 nitrogen and oxygen atoms in total. The van der Waals surface area contributed by atoms with E-state index in [0.717, 1.165) is 17.7 Å². The van der Waals surface area contributed by atoms with E-state index < -0.39 is 10.8 Å². The van der Waals surface area contributed by atoms with Crippen molar-refractivity contribution in [2.24, 2.45) is 5.41 Å². The zero-order valence-electron chi connectivity index (χ0n) is 27.8. The lowest BCUT2D eigenvalue weighted by atomic mass is 9.64. The van der Waals surface area contributed by atoms with Gasteiger partial charge in [0.1, 0.15) is 19.0 Å². The summed E-state index contributed by atoms with van der Waals surface area (Å²) in [6, 6.07) is 54.7. The highest BCUT2D eigenvalue weighted by Gasteiger charge is 2.39. The second kappa shape index (κ2) is 13.0. The quantitative estimate of drug-likeness (QED) is 0.0859. The number of rotatable bonds is 10. The molecule has 0 aliphatic heterocycles. The molecule has 0 N–H and O–H groups in total. The molecule has 0 saturated heterocycles. The molecule has 48 heavy (non-hydrogen) atoms. The molecule has 7 aromatic rings. The Morgan fingerprint density at radius 2 is 0.896 bits per heavy atom. The van der Waals surface area contributed by atoms with E-state index in [-0.39, 0.29) is 19.2 Å². The minimum absolute atomic E-state index is 0.199. The lowest BCUT2D eigenvalue weighted by molar-refractivity contribution is -0.154. The van der Waals surface area contributed by atoms with Gasteiger partial charge >= 0.3 is 5.97 Å². The average Bonchev–Trinajstić information content (AvgIpc) is 3.14. The molecule has 0 aromatic heterocycles. The number of carbonyl (C=O) groups is 1. The Hall–Kier alpha value is -5.41. The van der Waals surface area contributed by atoms with Gasteiger partial charge in [-0.15, -0.1) is 0 Å². The van der Waals surface area contributed by atoms with Crippen LogP contribution in [-0.2, 0) is 14.9 Å². The van der Waals surface area contributed by atoms with Crippen LogP contribution in [0.5, 0.6) is 5.75 Å². The first-order valence-corrected chi connectivity index (χ1v) is 16.8. The Bertz CT molecular complexity index is 2040. The monoisotopic (exact) mass is 628 g/mol. The van der Waals surface area contributed by atoms with Crippen molar-refractivity contribution >= 4 is 38.3 Å². The van der Waals surface area contributed by atoms with Gasteiger partial charge in [0.2, 0.25) is 0 Å². The van der Waals surface area contributed by atoms with Crippen LogP contribution in [0.3, 0.4) is 0 Å². The Balaban J connectivity index is 1.38. The van der Waals surface area contributed by atoms with E-state index in [2.05, 4.69) is 140 Å². The minimum Gasteiger partial charge on any atom is -0.490 e. The molecule has 0 radical (unpaired) electrons. The van der Waals surface area contributed by atoms with Gasteiger partial charge < -0.3 is 9.47 Å². The molecular formula is C45H40O3. The first kappa shape index (κ1) is 31.2. The summed E-state index contributed by atoms with van der Waals surface area (Å²) in [5.74, 6) is 0.531. The fraction of sp³-hybridized carbons (Fsp3) is 0.178. The van der Waals surface area contributed by atoms with E-state index in [4.69, 9.17) is 9.47 Å². The van der Waals surface area contributed by atoms with Crippen LogP contribution in [-0.4, -0.2) is 19.2 Å². The zero-order valence-corrected chi connectivity index (χ0v) is 27.8. The molecule has 0 atom stereocenters. The molecule has 0 spiro atoms. The summed E-state index contributed by atoms with van der Waals surface area (Å²) in [6.07, 6.45) is 0.724. The summed E-state index contributed by atoms with van der Waals surface area (Å²) in [7, 11) is 0. The normalized spacial score (nSPS) is 12.0. The minimum atomic E-state index is -0.641. The fourth-order valence-corrected chi connectivity index (χ4v) is 6.70. The van der Waals surface area contributed by atoms with E-state index >= 15 is 0 Å². The van der Waals surface area contributed by atoms with E-state index in [1.54, 1.807) is 0 Å². The maximum Gasteiger partial charge on any atom is 0.311 e. The van der Waals surface area contributed by atoms with Crippen LogP contribution >= 0.6 is 0 Å². The molecule has 0 bridgehead atoms. The highest BCUT2D eigenvalue weighted by Crippen LogP contribution is 2.47. The Morgan fingerprint density at radius 1 is 0.500 bits per heavy atom. The summed E-state index contributed by atoms with van der Waals surface area (Å²) in [5.41, 5.74) is 3.55. The van der Waals surface area contributed by atoms with Gasteiger partial charge in [0.25, 0.3) is 0 Å². The molecule has 0 fully saturated rings. The van der Waals surface area contributed by atoms with Gasteiger partial charge in [-0.25, -0.2) is 0 Å². The van der Waals surface area contributed by atoms with Crippen molar-refractivity contribution in [2.45, 2.75) is 32.6 Å². The summed E-state index contributed by atoms with van der Waals surface area (Å²) < 4.78 is 11.6. The lowest BCUT2D eigenvalue weighted by Crippen LogP contribution is -2.31. The van der Waals surface area contributed by atoms with Crippen LogP contribution in [0, 0.1) is 5.41 Å². The van der Waals surface area contributed by atoms with Crippen LogP contribution in [0.1, 0.15) is 49.4 Å². The van der Waals surface area contributed by atoms with E-state index in [1.165, 1.54) is 49.0 Å². The number of esters is 1. The topological polar surface area (TPSA) is 35.5 Å². The summed E-state index contributed by atoms with van der Waals surface area (Å²) in [5, 5.41) is 7.21. The second-order valence-corrected chi connectivity index (χ2v) is 13.2. The molecular weight excluding hydrogens is 588 g/mol. The maximum absolute atomic E-state index is 12.4. The smallest absolute Gasteiger partial charge is 0.311 e. The van der Waals surface area contributed by atoms with Crippen molar-refractivity contribution in [1.29, 1.82) is 0 Å². The van der Waals surface area contributed by atoms with Crippen LogP contribution in [0.25, 0.3) is 32.3 Å².